The minimum Gasteiger partial charge on any atom is -0.383 e. The molecule has 1 aliphatic rings. The number of nitrogens with zero attached hydrogens (tertiary/aromatic N) is 2. The summed E-state index contributed by atoms with van der Waals surface area (Å²) in [5.41, 5.74) is 5.34. The predicted octanol–water partition coefficient (Wildman–Crippen LogP) is -0.481. The van der Waals surface area contributed by atoms with E-state index in [0.717, 1.165) is 32.8 Å². The highest BCUT2D eigenvalue weighted by atomic mass is 16.5. The molecule has 1 aromatic heterocycles. The number of aromatic amines is 1. The van der Waals surface area contributed by atoms with Crippen molar-refractivity contribution in [3.63, 3.8) is 0 Å². The van der Waals surface area contributed by atoms with Gasteiger partial charge in [-0.25, -0.2) is 4.79 Å². The summed E-state index contributed by atoms with van der Waals surface area (Å²) in [5.74, 6) is 0.455. The molecular formula is C14H25N5O3. The Kier molecular flexibility index (Phi) is 5.62. The van der Waals surface area contributed by atoms with Gasteiger partial charge in [-0.05, 0) is 5.92 Å². The van der Waals surface area contributed by atoms with Crippen LogP contribution in [0.2, 0.25) is 0 Å². The van der Waals surface area contributed by atoms with Gasteiger partial charge in [0, 0.05) is 32.7 Å². The Morgan fingerprint density at radius 3 is 2.64 bits per heavy atom. The summed E-state index contributed by atoms with van der Waals surface area (Å²) >= 11 is 0. The first-order chi connectivity index (χ1) is 10.5. The van der Waals surface area contributed by atoms with E-state index in [-0.39, 0.29) is 17.4 Å². The maximum atomic E-state index is 11.9. The quantitative estimate of drug-likeness (QED) is 0.655. The van der Waals surface area contributed by atoms with Gasteiger partial charge in [0.15, 0.2) is 0 Å². The van der Waals surface area contributed by atoms with Gasteiger partial charge in [0.05, 0.1) is 13.2 Å². The highest BCUT2D eigenvalue weighted by molar-refractivity contribution is 5.60. The Labute approximate surface area is 129 Å². The summed E-state index contributed by atoms with van der Waals surface area (Å²) in [6, 6.07) is 0. The van der Waals surface area contributed by atoms with E-state index in [1.165, 1.54) is 4.57 Å². The van der Waals surface area contributed by atoms with Gasteiger partial charge in [-0.2, -0.15) is 0 Å². The second-order valence-corrected chi connectivity index (χ2v) is 5.90. The van der Waals surface area contributed by atoms with Crippen LogP contribution >= 0.6 is 0 Å². The Morgan fingerprint density at radius 1 is 1.32 bits per heavy atom. The molecule has 1 fully saturated rings. The molecule has 2 heterocycles. The lowest BCUT2D eigenvalue weighted by atomic mass is 10.2. The van der Waals surface area contributed by atoms with Crippen molar-refractivity contribution in [3.05, 3.63) is 20.8 Å². The first-order valence-corrected chi connectivity index (χ1v) is 7.65. The topological polar surface area (TPSA) is 105 Å². The van der Waals surface area contributed by atoms with Crippen LogP contribution in [0.3, 0.4) is 0 Å². The fourth-order valence-corrected chi connectivity index (χ4v) is 2.47. The number of H-pyrrole nitrogens is 1. The Balaban J connectivity index is 2.06. The van der Waals surface area contributed by atoms with E-state index in [1.807, 2.05) is 13.8 Å². The minimum atomic E-state index is -0.468. The number of nitrogens with two attached hydrogens (primary N) is 1. The normalized spacial score (nSPS) is 16.1. The molecule has 0 radical (unpaired) electrons. The number of morpholine rings is 1. The number of hydrogen-bond acceptors (Lipinski definition) is 6. The summed E-state index contributed by atoms with van der Waals surface area (Å²) in [6.07, 6.45) is 0. The van der Waals surface area contributed by atoms with Gasteiger partial charge >= 0.3 is 5.69 Å². The van der Waals surface area contributed by atoms with Crippen molar-refractivity contribution in [1.82, 2.24) is 14.5 Å². The van der Waals surface area contributed by atoms with Crippen molar-refractivity contribution < 1.29 is 4.74 Å². The number of nitrogen functional groups attached to an aromatic ring is 1. The monoisotopic (exact) mass is 311 g/mol. The standard InChI is InChI=1S/C14H25N5O3/c1-10(2)9-19-12(15)11(13(20)17-14(19)21)16-3-4-18-5-7-22-8-6-18/h10,16H,3-9,15H2,1-2H3,(H,17,20,21). The minimum absolute atomic E-state index is 0.199. The smallest absolute Gasteiger partial charge is 0.330 e. The Hall–Kier alpha value is -1.80. The van der Waals surface area contributed by atoms with Gasteiger partial charge in [-0.1, -0.05) is 13.8 Å². The lowest BCUT2D eigenvalue weighted by molar-refractivity contribution is 0.0398. The molecule has 22 heavy (non-hydrogen) atoms. The SMILES string of the molecule is CC(C)Cn1c(N)c(NCCN2CCOCC2)c(=O)[nH]c1=O. The largest absolute Gasteiger partial charge is 0.383 e. The van der Waals surface area contributed by atoms with Crippen LogP contribution in [-0.2, 0) is 11.3 Å². The number of nitrogens with one attached hydrogen (secondary N) is 2. The number of aromatic nitrogens is 2. The highest BCUT2D eigenvalue weighted by Crippen LogP contribution is 2.11. The van der Waals surface area contributed by atoms with Crippen molar-refractivity contribution in [2.75, 3.05) is 50.4 Å². The zero-order chi connectivity index (χ0) is 16.1. The molecule has 1 aromatic rings. The first kappa shape index (κ1) is 16.6. The molecule has 0 aromatic carbocycles. The molecule has 4 N–H and O–H groups in total. The van der Waals surface area contributed by atoms with Crippen LogP contribution in [-0.4, -0.2) is 53.8 Å². The average Bonchev–Trinajstić information content (AvgIpc) is 2.48. The van der Waals surface area contributed by atoms with Crippen LogP contribution in [0.25, 0.3) is 0 Å². The van der Waals surface area contributed by atoms with E-state index in [1.54, 1.807) is 0 Å². The van der Waals surface area contributed by atoms with E-state index in [9.17, 15) is 9.59 Å². The zero-order valence-corrected chi connectivity index (χ0v) is 13.2. The first-order valence-electron chi connectivity index (χ1n) is 7.65. The van der Waals surface area contributed by atoms with Gasteiger partial charge in [-0.3, -0.25) is 19.2 Å². The fraction of sp³-hybridized carbons (Fsp3) is 0.714. The summed E-state index contributed by atoms with van der Waals surface area (Å²) in [4.78, 5) is 28.4. The molecule has 0 atom stereocenters. The number of rotatable bonds is 6. The fourth-order valence-electron chi connectivity index (χ4n) is 2.47. The Bertz CT molecular complexity index is 601. The van der Waals surface area contributed by atoms with Crippen molar-refractivity contribution in [1.29, 1.82) is 0 Å². The highest BCUT2D eigenvalue weighted by Gasteiger charge is 2.14. The molecule has 1 saturated heterocycles. The lowest BCUT2D eigenvalue weighted by Crippen LogP contribution is -2.40. The van der Waals surface area contributed by atoms with Crippen molar-refractivity contribution >= 4 is 11.5 Å². The van der Waals surface area contributed by atoms with Gasteiger partial charge in [0.1, 0.15) is 11.5 Å². The summed E-state index contributed by atoms with van der Waals surface area (Å²) in [5, 5.41) is 3.06. The van der Waals surface area contributed by atoms with E-state index >= 15 is 0 Å². The molecule has 0 amide bonds. The van der Waals surface area contributed by atoms with Gasteiger partial charge in [0.25, 0.3) is 5.56 Å². The van der Waals surface area contributed by atoms with Crippen LogP contribution in [0, 0.1) is 5.92 Å². The maximum Gasteiger partial charge on any atom is 0.330 e. The maximum absolute atomic E-state index is 11.9. The molecule has 2 rings (SSSR count). The van der Waals surface area contributed by atoms with Crippen LogP contribution in [0.1, 0.15) is 13.8 Å². The average molecular weight is 311 g/mol. The molecule has 124 valence electrons. The summed E-state index contributed by atoms with van der Waals surface area (Å²) < 4.78 is 6.70. The van der Waals surface area contributed by atoms with Gasteiger partial charge in [0.2, 0.25) is 0 Å². The molecule has 0 saturated carbocycles. The van der Waals surface area contributed by atoms with E-state index in [0.29, 0.717) is 13.1 Å². The third-order valence-electron chi connectivity index (χ3n) is 3.62. The molecule has 8 heteroatoms. The third kappa shape index (κ3) is 4.11. The lowest BCUT2D eigenvalue weighted by Gasteiger charge is -2.26. The van der Waals surface area contributed by atoms with Crippen LogP contribution in [0.15, 0.2) is 9.59 Å². The summed E-state index contributed by atoms with van der Waals surface area (Å²) in [6.45, 7) is 9.09. The predicted molar refractivity (Wildman–Crippen MR) is 86.3 cm³/mol. The molecule has 0 aliphatic carbocycles. The zero-order valence-electron chi connectivity index (χ0n) is 13.2. The van der Waals surface area contributed by atoms with Crippen LogP contribution < -0.4 is 22.3 Å². The summed E-state index contributed by atoms with van der Waals surface area (Å²) in [7, 11) is 0. The molecule has 0 spiro atoms. The third-order valence-corrected chi connectivity index (χ3v) is 3.62. The number of hydrogen-bond donors (Lipinski definition) is 3. The molecular weight excluding hydrogens is 286 g/mol. The van der Waals surface area contributed by atoms with Crippen LogP contribution in [0.4, 0.5) is 11.5 Å². The molecule has 8 nitrogen and oxygen atoms in total. The second kappa shape index (κ2) is 7.46. The van der Waals surface area contributed by atoms with E-state index in [2.05, 4.69) is 15.2 Å². The number of ether oxygens (including phenoxy) is 1. The van der Waals surface area contributed by atoms with E-state index in [4.69, 9.17) is 10.5 Å². The van der Waals surface area contributed by atoms with Crippen molar-refractivity contribution in [3.8, 4) is 0 Å². The number of anilines is 2. The van der Waals surface area contributed by atoms with Gasteiger partial charge < -0.3 is 15.8 Å². The van der Waals surface area contributed by atoms with Crippen molar-refractivity contribution in [2.24, 2.45) is 5.92 Å². The van der Waals surface area contributed by atoms with E-state index < -0.39 is 11.2 Å². The molecule has 1 aliphatic heterocycles. The second-order valence-electron chi connectivity index (χ2n) is 5.90. The van der Waals surface area contributed by atoms with Crippen LogP contribution in [0.5, 0.6) is 0 Å². The Morgan fingerprint density at radius 2 is 2.00 bits per heavy atom. The molecule has 0 bridgehead atoms. The van der Waals surface area contributed by atoms with Gasteiger partial charge in [-0.15, -0.1) is 0 Å². The molecule has 0 unspecified atom stereocenters. The van der Waals surface area contributed by atoms with Crippen molar-refractivity contribution in [2.45, 2.75) is 20.4 Å².